The van der Waals surface area contributed by atoms with Crippen LogP contribution in [0.2, 0.25) is 0 Å². The average molecular weight is 298 g/mol. The summed E-state index contributed by atoms with van der Waals surface area (Å²) in [6, 6.07) is 9.98. The van der Waals surface area contributed by atoms with Crippen molar-refractivity contribution in [2.24, 2.45) is 0 Å². The highest BCUT2D eigenvalue weighted by Gasteiger charge is 2.31. The van der Waals surface area contributed by atoms with Gasteiger partial charge in [-0.2, -0.15) is 0 Å². The van der Waals surface area contributed by atoms with Crippen LogP contribution in [0.5, 0.6) is 0 Å². The Labute approximate surface area is 119 Å². The first kappa shape index (κ1) is 14.3. The Hall–Kier alpha value is -1.14. The molecule has 1 saturated heterocycles. The zero-order chi connectivity index (χ0) is 13.9. The van der Waals surface area contributed by atoms with Gasteiger partial charge >= 0.3 is 0 Å². The fourth-order valence-corrected chi connectivity index (χ4v) is 4.14. The predicted octanol–water partition coefficient (Wildman–Crippen LogP) is 1.18. The van der Waals surface area contributed by atoms with Crippen molar-refractivity contribution >= 4 is 27.2 Å². The lowest BCUT2D eigenvalue weighted by Gasteiger charge is -2.26. The Balaban J connectivity index is 1.87. The molecule has 0 aromatic heterocycles. The second-order valence-electron chi connectivity index (χ2n) is 4.81. The maximum absolute atomic E-state index is 11.5. The van der Waals surface area contributed by atoms with Crippen LogP contribution in [-0.2, 0) is 16.4 Å². The number of nitrogens with zero attached hydrogens (tertiary/aromatic N) is 1. The molecule has 1 aliphatic heterocycles. The third kappa shape index (κ3) is 3.91. The van der Waals surface area contributed by atoms with Gasteiger partial charge in [-0.15, -0.1) is 0 Å². The Morgan fingerprint density at radius 3 is 2.68 bits per heavy atom. The highest BCUT2D eigenvalue weighted by Crippen LogP contribution is 2.16. The minimum atomic E-state index is -2.87. The molecule has 19 heavy (non-hydrogen) atoms. The largest absolute Gasteiger partial charge is 0.358 e. The van der Waals surface area contributed by atoms with Gasteiger partial charge in [0.15, 0.2) is 14.9 Å². The first-order valence-corrected chi connectivity index (χ1v) is 8.46. The van der Waals surface area contributed by atoms with Crippen LogP contribution < -0.4 is 5.32 Å². The molecule has 1 aliphatic rings. The van der Waals surface area contributed by atoms with Gasteiger partial charge in [0.25, 0.3) is 0 Å². The maximum atomic E-state index is 11.5. The summed E-state index contributed by atoms with van der Waals surface area (Å²) in [6.45, 7) is 0.656. The zero-order valence-corrected chi connectivity index (χ0v) is 12.5. The van der Waals surface area contributed by atoms with Gasteiger partial charge in [0.1, 0.15) is 0 Å². The summed E-state index contributed by atoms with van der Waals surface area (Å²) in [5.74, 6) is 0.472. The van der Waals surface area contributed by atoms with Crippen LogP contribution in [0.3, 0.4) is 0 Å². The molecule has 104 valence electrons. The molecule has 0 radical (unpaired) electrons. The van der Waals surface area contributed by atoms with E-state index in [-0.39, 0.29) is 17.5 Å². The molecule has 0 saturated carbocycles. The Morgan fingerprint density at radius 1 is 1.42 bits per heavy atom. The quantitative estimate of drug-likeness (QED) is 0.849. The SMILES string of the molecule is CN(C(=S)NCc1ccccc1)[C@H]1CCS(=O)(=O)C1. The standard InChI is InChI=1S/C13H18N2O2S2/c1-15(12-7-8-19(16,17)10-12)13(18)14-9-11-5-3-2-4-6-11/h2-6,12H,7-10H2,1H3,(H,14,18)/t12-/m0/s1. The molecular formula is C13H18N2O2S2. The van der Waals surface area contributed by atoms with E-state index < -0.39 is 9.84 Å². The van der Waals surface area contributed by atoms with E-state index in [2.05, 4.69) is 5.32 Å². The molecule has 0 bridgehead atoms. The van der Waals surface area contributed by atoms with Gasteiger partial charge in [0.2, 0.25) is 0 Å². The summed E-state index contributed by atoms with van der Waals surface area (Å²) in [6.07, 6.45) is 0.659. The van der Waals surface area contributed by atoms with Gasteiger partial charge in [-0.1, -0.05) is 30.3 Å². The molecule has 0 unspecified atom stereocenters. The number of thiocarbonyl (C=S) groups is 1. The van der Waals surface area contributed by atoms with E-state index in [9.17, 15) is 8.42 Å². The topological polar surface area (TPSA) is 49.4 Å². The molecule has 0 aliphatic carbocycles. The third-order valence-electron chi connectivity index (χ3n) is 3.36. The molecule has 1 aromatic carbocycles. The molecule has 6 heteroatoms. The van der Waals surface area contributed by atoms with Gasteiger partial charge in [-0.3, -0.25) is 0 Å². The number of benzene rings is 1. The summed E-state index contributed by atoms with van der Waals surface area (Å²) in [4.78, 5) is 1.86. The summed E-state index contributed by atoms with van der Waals surface area (Å²) < 4.78 is 22.9. The summed E-state index contributed by atoms with van der Waals surface area (Å²) >= 11 is 5.31. The lowest BCUT2D eigenvalue weighted by molar-refractivity contribution is 0.390. The van der Waals surface area contributed by atoms with Crippen molar-refractivity contribution in [3.05, 3.63) is 35.9 Å². The summed E-state index contributed by atoms with van der Waals surface area (Å²) in [5.41, 5.74) is 1.15. The number of hydrogen-bond donors (Lipinski definition) is 1. The van der Waals surface area contributed by atoms with Crippen molar-refractivity contribution in [2.75, 3.05) is 18.6 Å². The monoisotopic (exact) mass is 298 g/mol. The highest BCUT2D eigenvalue weighted by atomic mass is 32.2. The van der Waals surface area contributed by atoms with Crippen molar-refractivity contribution in [1.29, 1.82) is 0 Å². The smallest absolute Gasteiger partial charge is 0.169 e. The van der Waals surface area contributed by atoms with E-state index in [1.807, 2.05) is 42.3 Å². The first-order chi connectivity index (χ1) is 8.98. The highest BCUT2D eigenvalue weighted by molar-refractivity contribution is 7.91. The summed E-state index contributed by atoms with van der Waals surface area (Å²) in [5, 5.41) is 3.77. The molecule has 4 nitrogen and oxygen atoms in total. The van der Waals surface area contributed by atoms with Crippen molar-refractivity contribution in [3.63, 3.8) is 0 Å². The second-order valence-corrected chi connectivity index (χ2v) is 7.43. The molecular weight excluding hydrogens is 280 g/mol. The Bertz CT molecular complexity index is 543. The van der Waals surface area contributed by atoms with Crippen LogP contribution >= 0.6 is 12.2 Å². The minimum Gasteiger partial charge on any atom is -0.358 e. The van der Waals surface area contributed by atoms with Crippen LogP contribution in [-0.4, -0.2) is 43.0 Å². The molecule has 1 aromatic rings. The molecule has 2 rings (SSSR count). The molecule has 0 spiro atoms. The fraction of sp³-hybridized carbons (Fsp3) is 0.462. The van der Waals surface area contributed by atoms with E-state index in [0.717, 1.165) is 5.56 Å². The Kier molecular flexibility index (Phi) is 4.42. The second kappa shape index (κ2) is 5.88. The molecule has 1 N–H and O–H groups in total. The maximum Gasteiger partial charge on any atom is 0.169 e. The first-order valence-electron chi connectivity index (χ1n) is 6.23. The average Bonchev–Trinajstić information content (AvgIpc) is 2.76. The van der Waals surface area contributed by atoms with Gasteiger partial charge in [0, 0.05) is 19.6 Å². The molecule has 1 fully saturated rings. The van der Waals surface area contributed by atoms with Crippen molar-refractivity contribution in [1.82, 2.24) is 10.2 Å². The number of nitrogens with one attached hydrogen (secondary N) is 1. The Morgan fingerprint density at radius 2 is 2.11 bits per heavy atom. The zero-order valence-electron chi connectivity index (χ0n) is 10.9. The van der Waals surface area contributed by atoms with E-state index >= 15 is 0 Å². The minimum absolute atomic E-state index is 0.000716. The normalized spacial score (nSPS) is 21.0. The van der Waals surface area contributed by atoms with E-state index in [4.69, 9.17) is 12.2 Å². The predicted molar refractivity (Wildman–Crippen MR) is 80.7 cm³/mol. The number of sulfone groups is 1. The van der Waals surface area contributed by atoms with Crippen LogP contribution in [0, 0.1) is 0 Å². The third-order valence-corrected chi connectivity index (χ3v) is 5.55. The van der Waals surface area contributed by atoms with E-state index in [1.54, 1.807) is 0 Å². The van der Waals surface area contributed by atoms with Crippen molar-refractivity contribution in [3.8, 4) is 0 Å². The molecule has 1 heterocycles. The van der Waals surface area contributed by atoms with Crippen LogP contribution in [0.1, 0.15) is 12.0 Å². The lowest BCUT2D eigenvalue weighted by atomic mass is 10.2. The summed E-state index contributed by atoms with van der Waals surface area (Å²) in [7, 11) is -1.02. The molecule has 0 amide bonds. The van der Waals surface area contributed by atoms with Crippen LogP contribution in [0.15, 0.2) is 30.3 Å². The van der Waals surface area contributed by atoms with Gasteiger partial charge in [0.05, 0.1) is 11.5 Å². The van der Waals surface area contributed by atoms with E-state index in [0.29, 0.717) is 18.1 Å². The van der Waals surface area contributed by atoms with Crippen molar-refractivity contribution in [2.45, 2.75) is 19.0 Å². The fourth-order valence-electron chi connectivity index (χ4n) is 2.14. The van der Waals surface area contributed by atoms with Crippen LogP contribution in [0.4, 0.5) is 0 Å². The van der Waals surface area contributed by atoms with Gasteiger partial charge < -0.3 is 10.2 Å². The van der Waals surface area contributed by atoms with Gasteiger partial charge in [-0.25, -0.2) is 8.42 Å². The van der Waals surface area contributed by atoms with Crippen molar-refractivity contribution < 1.29 is 8.42 Å². The lowest BCUT2D eigenvalue weighted by Crippen LogP contribution is -2.43. The molecule has 1 atom stereocenters. The van der Waals surface area contributed by atoms with Crippen LogP contribution in [0.25, 0.3) is 0 Å². The van der Waals surface area contributed by atoms with E-state index in [1.165, 1.54) is 0 Å². The number of hydrogen-bond acceptors (Lipinski definition) is 3. The number of rotatable bonds is 3. The van der Waals surface area contributed by atoms with Gasteiger partial charge in [-0.05, 0) is 24.2 Å².